The molecule has 2 rings (SSSR count). The fourth-order valence-electron chi connectivity index (χ4n) is 2.43. The Balaban J connectivity index is 1.91. The van der Waals surface area contributed by atoms with Crippen molar-refractivity contribution in [1.29, 1.82) is 0 Å². The topological polar surface area (TPSA) is 58.4 Å². The van der Waals surface area contributed by atoms with Gasteiger partial charge in [0.1, 0.15) is 0 Å². The van der Waals surface area contributed by atoms with E-state index in [0.717, 1.165) is 19.5 Å². The zero-order valence-corrected chi connectivity index (χ0v) is 12.9. The number of amides is 1. The van der Waals surface area contributed by atoms with Gasteiger partial charge in [-0.05, 0) is 37.9 Å². The molecule has 1 aliphatic rings. The summed E-state index contributed by atoms with van der Waals surface area (Å²) in [6, 6.07) is 5.31. The third-order valence-electron chi connectivity index (χ3n) is 3.65. The zero-order chi connectivity index (χ0) is 14.7. The molecule has 1 fully saturated rings. The number of hydrogen-bond donors (Lipinski definition) is 2. The number of benzene rings is 1. The number of halogens is 2. The van der Waals surface area contributed by atoms with Gasteiger partial charge >= 0.3 is 0 Å². The summed E-state index contributed by atoms with van der Waals surface area (Å²) in [5.41, 5.74) is 6.37. The van der Waals surface area contributed by atoms with Crippen LogP contribution in [0.1, 0.15) is 13.3 Å². The molecule has 2 unspecified atom stereocenters. The molecule has 0 radical (unpaired) electrons. The molecule has 2 atom stereocenters. The minimum atomic E-state index is -0.106. The Kier molecular flexibility index (Phi) is 5.27. The summed E-state index contributed by atoms with van der Waals surface area (Å²) in [5, 5.41) is 3.66. The highest BCUT2D eigenvalue weighted by Gasteiger charge is 2.26. The summed E-state index contributed by atoms with van der Waals surface area (Å²) in [7, 11) is 0. The second-order valence-corrected chi connectivity index (χ2v) is 6.10. The first-order valence-electron chi connectivity index (χ1n) is 6.69. The van der Waals surface area contributed by atoms with Crippen molar-refractivity contribution in [2.45, 2.75) is 19.4 Å². The molecule has 0 bridgehead atoms. The average Bonchev–Trinajstić information content (AvgIpc) is 2.82. The molecular weight excluding hydrogens is 297 g/mol. The largest absolute Gasteiger partial charge is 0.328 e. The summed E-state index contributed by atoms with van der Waals surface area (Å²) < 4.78 is 0. The SMILES string of the molecule is CC(N)C1CCN(CC(=O)Nc2c(Cl)cccc2Cl)C1. The van der Waals surface area contributed by atoms with Crippen molar-refractivity contribution < 1.29 is 4.79 Å². The van der Waals surface area contributed by atoms with Crippen LogP contribution in [0.5, 0.6) is 0 Å². The normalized spacial score (nSPS) is 20.9. The van der Waals surface area contributed by atoms with Crippen LogP contribution in [0.3, 0.4) is 0 Å². The van der Waals surface area contributed by atoms with Crippen LogP contribution in [0.15, 0.2) is 18.2 Å². The van der Waals surface area contributed by atoms with Crippen molar-refractivity contribution in [1.82, 2.24) is 4.90 Å². The highest BCUT2D eigenvalue weighted by molar-refractivity contribution is 6.39. The Hall–Kier alpha value is -0.810. The fourth-order valence-corrected chi connectivity index (χ4v) is 2.93. The number of para-hydroxylation sites is 1. The minimum absolute atomic E-state index is 0.106. The van der Waals surface area contributed by atoms with E-state index < -0.39 is 0 Å². The lowest BCUT2D eigenvalue weighted by Gasteiger charge is -2.18. The van der Waals surface area contributed by atoms with E-state index in [2.05, 4.69) is 10.2 Å². The van der Waals surface area contributed by atoms with Crippen LogP contribution in [-0.2, 0) is 4.79 Å². The second kappa shape index (κ2) is 6.76. The van der Waals surface area contributed by atoms with E-state index in [1.807, 2.05) is 6.92 Å². The summed E-state index contributed by atoms with van der Waals surface area (Å²) >= 11 is 12.1. The van der Waals surface area contributed by atoms with Gasteiger partial charge in [0, 0.05) is 12.6 Å². The minimum Gasteiger partial charge on any atom is -0.328 e. The molecule has 110 valence electrons. The van der Waals surface area contributed by atoms with Crippen molar-refractivity contribution in [2.24, 2.45) is 11.7 Å². The number of likely N-dealkylation sites (tertiary alicyclic amines) is 1. The molecule has 1 saturated heterocycles. The number of carbonyl (C=O) groups excluding carboxylic acids is 1. The maximum Gasteiger partial charge on any atom is 0.238 e. The Morgan fingerprint density at radius 1 is 1.50 bits per heavy atom. The van der Waals surface area contributed by atoms with Crippen LogP contribution < -0.4 is 11.1 Å². The van der Waals surface area contributed by atoms with Gasteiger partial charge in [0.2, 0.25) is 5.91 Å². The predicted molar refractivity (Wildman–Crippen MR) is 83.3 cm³/mol. The van der Waals surface area contributed by atoms with Gasteiger partial charge in [-0.2, -0.15) is 0 Å². The summed E-state index contributed by atoms with van der Waals surface area (Å²) in [6.45, 7) is 4.11. The lowest BCUT2D eigenvalue weighted by atomic mass is 10.0. The molecule has 4 nitrogen and oxygen atoms in total. The van der Waals surface area contributed by atoms with Crippen LogP contribution in [0.4, 0.5) is 5.69 Å². The van der Waals surface area contributed by atoms with Crippen LogP contribution in [0, 0.1) is 5.92 Å². The fraction of sp³-hybridized carbons (Fsp3) is 0.500. The van der Waals surface area contributed by atoms with E-state index in [0.29, 0.717) is 28.2 Å². The van der Waals surface area contributed by atoms with Crippen molar-refractivity contribution in [3.63, 3.8) is 0 Å². The van der Waals surface area contributed by atoms with E-state index in [1.165, 1.54) is 0 Å². The number of nitrogens with one attached hydrogen (secondary N) is 1. The van der Waals surface area contributed by atoms with Gasteiger partial charge in [-0.25, -0.2) is 0 Å². The van der Waals surface area contributed by atoms with E-state index in [4.69, 9.17) is 28.9 Å². The van der Waals surface area contributed by atoms with Crippen LogP contribution in [0.25, 0.3) is 0 Å². The molecule has 0 spiro atoms. The molecule has 20 heavy (non-hydrogen) atoms. The smallest absolute Gasteiger partial charge is 0.238 e. The molecule has 0 aromatic heterocycles. The standard InChI is InChI=1S/C14H19Cl2N3O/c1-9(17)10-5-6-19(7-10)8-13(20)18-14-11(15)3-2-4-12(14)16/h2-4,9-10H,5-8,17H2,1H3,(H,18,20). The van der Waals surface area contributed by atoms with E-state index in [1.54, 1.807) is 18.2 Å². The average molecular weight is 316 g/mol. The van der Waals surface area contributed by atoms with Gasteiger partial charge in [0.05, 0.1) is 22.3 Å². The second-order valence-electron chi connectivity index (χ2n) is 5.29. The molecule has 1 aromatic carbocycles. The van der Waals surface area contributed by atoms with Gasteiger partial charge < -0.3 is 11.1 Å². The Bertz CT molecular complexity index is 473. The number of carbonyl (C=O) groups is 1. The molecule has 0 aliphatic carbocycles. The molecule has 1 aliphatic heterocycles. The number of anilines is 1. The third-order valence-corrected chi connectivity index (χ3v) is 4.28. The summed E-state index contributed by atoms with van der Waals surface area (Å²) in [5.74, 6) is 0.358. The molecular formula is C14H19Cl2N3O. The van der Waals surface area contributed by atoms with Crippen molar-refractivity contribution in [3.8, 4) is 0 Å². The molecule has 6 heteroatoms. The highest BCUT2D eigenvalue weighted by atomic mass is 35.5. The van der Waals surface area contributed by atoms with Crippen molar-refractivity contribution in [2.75, 3.05) is 25.0 Å². The number of nitrogens with zero attached hydrogens (tertiary/aromatic N) is 1. The van der Waals surface area contributed by atoms with Crippen molar-refractivity contribution >= 4 is 34.8 Å². The predicted octanol–water partition coefficient (Wildman–Crippen LogP) is 2.60. The van der Waals surface area contributed by atoms with E-state index in [-0.39, 0.29) is 11.9 Å². The van der Waals surface area contributed by atoms with Gasteiger partial charge in [0.15, 0.2) is 0 Å². The van der Waals surface area contributed by atoms with Gasteiger partial charge in [0.25, 0.3) is 0 Å². The first-order chi connectivity index (χ1) is 9.47. The lowest BCUT2D eigenvalue weighted by Crippen LogP contribution is -2.34. The lowest BCUT2D eigenvalue weighted by molar-refractivity contribution is -0.117. The van der Waals surface area contributed by atoms with Gasteiger partial charge in [-0.3, -0.25) is 9.69 Å². The van der Waals surface area contributed by atoms with Gasteiger partial charge in [-0.15, -0.1) is 0 Å². The summed E-state index contributed by atoms with van der Waals surface area (Å²) in [6.07, 6.45) is 1.04. The molecule has 3 N–H and O–H groups in total. The maximum absolute atomic E-state index is 12.0. The molecule has 1 aromatic rings. The Morgan fingerprint density at radius 2 is 2.15 bits per heavy atom. The Labute approximate surface area is 129 Å². The maximum atomic E-state index is 12.0. The molecule has 0 saturated carbocycles. The number of hydrogen-bond acceptors (Lipinski definition) is 3. The van der Waals surface area contributed by atoms with Crippen LogP contribution in [-0.4, -0.2) is 36.5 Å². The van der Waals surface area contributed by atoms with Crippen LogP contribution >= 0.6 is 23.2 Å². The first kappa shape index (κ1) is 15.6. The van der Waals surface area contributed by atoms with E-state index in [9.17, 15) is 4.79 Å². The molecule has 1 heterocycles. The summed E-state index contributed by atoms with van der Waals surface area (Å²) in [4.78, 5) is 14.2. The molecule has 1 amide bonds. The Morgan fingerprint density at radius 3 is 2.70 bits per heavy atom. The zero-order valence-electron chi connectivity index (χ0n) is 11.4. The third kappa shape index (κ3) is 3.85. The van der Waals surface area contributed by atoms with E-state index >= 15 is 0 Å². The highest BCUT2D eigenvalue weighted by Crippen LogP contribution is 2.29. The monoisotopic (exact) mass is 315 g/mol. The quantitative estimate of drug-likeness (QED) is 0.898. The number of nitrogens with two attached hydrogens (primary N) is 1. The van der Waals surface area contributed by atoms with Crippen LogP contribution in [0.2, 0.25) is 10.0 Å². The number of rotatable bonds is 4. The van der Waals surface area contributed by atoms with Crippen molar-refractivity contribution in [3.05, 3.63) is 28.2 Å². The first-order valence-corrected chi connectivity index (χ1v) is 7.44. The van der Waals surface area contributed by atoms with Gasteiger partial charge in [-0.1, -0.05) is 29.3 Å².